The first-order chi connectivity index (χ1) is 9.63. The van der Waals surface area contributed by atoms with Gasteiger partial charge in [-0.05, 0) is 25.1 Å². The summed E-state index contributed by atoms with van der Waals surface area (Å²) in [5.74, 6) is 1.14. The standard InChI is InChI=1S/C14H11NO5/c1-8-10(14(16)17)3-5-13(15-8)20-9-2-4-11-12(6-9)19-7-18-11/h2-6H,7H2,1H3,(H,16,17). The van der Waals surface area contributed by atoms with Gasteiger partial charge in [0.25, 0.3) is 0 Å². The summed E-state index contributed by atoms with van der Waals surface area (Å²) < 4.78 is 16.0. The van der Waals surface area contributed by atoms with E-state index in [0.717, 1.165) is 0 Å². The molecule has 102 valence electrons. The topological polar surface area (TPSA) is 77.9 Å². The van der Waals surface area contributed by atoms with Crippen LogP contribution in [0.3, 0.4) is 0 Å². The minimum absolute atomic E-state index is 0.156. The highest BCUT2D eigenvalue weighted by molar-refractivity contribution is 5.88. The Morgan fingerprint density at radius 3 is 2.80 bits per heavy atom. The number of rotatable bonds is 3. The molecule has 1 aliphatic heterocycles. The number of pyridine rings is 1. The van der Waals surface area contributed by atoms with Crippen molar-refractivity contribution in [1.29, 1.82) is 0 Å². The van der Waals surface area contributed by atoms with Gasteiger partial charge in [-0.3, -0.25) is 0 Å². The van der Waals surface area contributed by atoms with E-state index < -0.39 is 5.97 Å². The van der Waals surface area contributed by atoms with Crippen LogP contribution in [0.25, 0.3) is 0 Å². The Hall–Kier alpha value is -2.76. The maximum Gasteiger partial charge on any atom is 0.337 e. The molecular formula is C14H11NO5. The number of aromatic nitrogens is 1. The molecule has 1 aromatic heterocycles. The van der Waals surface area contributed by atoms with E-state index in [4.69, 9.17) is 19.3 Å². The molecule has 1 aliphatic rings. The molecule has 2 aromatic rings. The number of ether oxygens (including phenoxy) is 3. The van der Waals surface area contributed by atoms with Crippen molar-refractivity contribution in [2.24, 2.45) is 0 Å². The second-order valence-electron chi connectivity index (χ2n) is 4.20. The van der Waals surface area contributed by atoms with Crippen molar-refractivity contribution in [3.05, 3.63) is 41.6 Å². The highest BCUT2D eigenvalue weighted by Gasteiger charge is 2.15. The van der Waals surface area contributed by atoms with Crippen LogP contribution < -0.4 is 14.2 Å². The number of nitrogens with zero attached hydrogens (tertiary/aromatic N) is 1. The van der Waals surface area contributed by atoms with Crippen LogP contribution in [0.2, 0.25) is 0 Å². The van der Waals surface area contributed by atoms with Gasteiger partial charge >= 0.3 is 5.97 Å². The lowest BCUT2D eigenvalue weighted by Crippen LogP contribution is -2.02. The van der Waals surface area contributed by atoms with Gasteiger partial charge in [0.2, 0.25) is 12.7 Å². The third-order valence-electron chi connectivity index (χ3n) is 2.86. The van der Waals surface area contributed by atoms with E-state index in [9.17, 15) is 4.79 Å². The van der Waals surface area contributed by atoms with Crippen molar-refractivity contribution in [3.63, 3.8) is 0 Å². The molecule has 1 aromatic carbocycles. The first-order valence-corrected chi connectivity index (χ1v) is 5.92. The third-order valence-corrected chi connectivity index (χ3v) is 2.86. The number of carboxylic acid groups (broad SMARTS) is 1. The van der Waals surface area contributed by atoms with Gasteiger partial charge in [0, 0.05) is 12.1 Å². The molecule has 0 fully saturated rings. The smallest absolute Gasteiger partial charge is 0.337 e. The van der Waals surface area contributed by atoms with Crippen LogP contribution in [0, 0.1) is 6.92 Å². The highest BCUT2D eigenvalue weighted by Crippen LogP contribution is 2.36. The Balaban J connectivity index is 1.84. The zero-order chi connectivity index (χ0) is 14.1. The summed E-state index contributed by atoms with van der Waals surface area (Å²) in [5.41, 5.74) is 0.554. The molecule has 0 bridgehead atoms. The lowest BCUT2D eigenvalue weighted by Gasteiger charge is -2.07. The normalized spacial score (nSPS) is 12.2. The van der Waals surface area contributed by atoms with Crippen LogP contribution in [0.5, 0.6) is 23.1 Å². The van der Waals surface area contributed by atoms with Gasteiger partial charge in [-0.2, -0.15) is 0 Å². The molecule has 0 amide bonds. The van der Waals surface area contributed by atoms with Gasteiger partial charge in [-0.25, -0.2) is 9.78 Å². The quantitative estimate of drug-likeness (QED) is 0.926. The summed E-state index contributed by atoms with van der Waals surface area (Å²) in [6, 6.07) is 8.16. The van der Waals surface area contributed by atoms with Crippen molar-refractivity contribution in [2.45, 2.75) is 6.92 Å². The van der Waals surface area contributed by atoms with Gasteiger partial charge in [0.15, 0.2) is 11.5 Å². The van der Waals surface area contributed by atoms with Crippen LogP contribution >= 0.6 is 0 Å². The molecule has 0 spiro atoms. The molecule has 0 saturated carbocycles. The van der Waals surface area contributed by atoms with Crippen LogP contribution in [0.4, 0.5) is 0 Å². The Kier molecular flexibility index (Phi) is 2.90. The van der Waals surface area contributed by atoms with E-state index in [2.05, 4.69) is 4.98 Å². The summed E-state index contributed by atoms with van der Waals surface area (Å²) in [4.78, 5) is 15.0. The maximum atomic E-state index is 10.9. The summed E-state index contributed by atoms with van der Waals surface area (Å²) in [6.45, 7) is 1.82. The Labute approximate surface area is 114 Å². The van der Waals surface area contributed by atoms with E-state index in [1.165, 1.54) is 12.1 Å². The number of benzene rings is 1. The molecule has 0 aliphatic carbocycles. The number of fused-ring (bicyclic) bond motifs is 1. The Morgan fingerprint density at radius 2 is 2.05 bits per heavy atom. The van der Waals surface area contributed by atoms with Crippen molar-refractivity contribution in [2.75, 3.05) is 6.79 Å². The molecule has 20 heavy (non-hydrogen) atoms. The van der Waals surface area contributed by atoms with Crippen LogP contribution in [0.15, 0.2) is 30.3 Å². The number of aromatic carboxylic acids is 1. The number of carboxylic acids is 1. The monoisotopic (exact) mass is 273 g/mol. The summed E-state index contributed by atoms with van der Waals surface area (Å²) in [5, 5.41) is 8.94. The largest absolute Gasteiger partial charge is 0.478 e. The predicted molar refractivity (Wildman–Crippen MR) is 68.6 cm³/mol. The molecule has 1 N–H and O–H groups in total. The lowest BCUT2D eigenvalue weighted by molar-refractivity contribution is 0.0695. The Bertz CT molecular complexity index is 683. The zero-order valence-electron chi connectivity index (χ0n) is 10.6. The SMILES string of the molecule is Cc1nc(Oc2ccc3c(c2)OCO3)ccc1C(=O)O. The minimum atomic E-state index is -1.01. The summed E-state index contributed by atoms with van der Waals surface area (Å²) in [6.07, 6.45) is 0. The molecule has 6 nitrogen and oxygen atoms in total. The number of hydrogen-bond donors (Lipinski definition) is 1. The molecule has 0 saturated heterocycles. The fourth-order valence-corrected chi connectivity index (χ4v) is 1.88. The van der Waals surface area contributed by atoms with Gasteiger partial charge in [-0.15, -0.1) is 0 Å². The van der Waals surface area contributed by atoms with Gasteiger partial charge < -0.3 is 19.3 Å². The second-order valence-corrected chi connectivity index (χ2v) is 4.20. The summed E-state index contributed by atoms with van der Waals surface area (Å²) in [7, 11) is 0. The van der Waals surface area contributed by atoms with Crippen molar-refractivity contribution >= 4 is 5.97 Å². The molecule has 3 rings (SSSR count). The second kappa shape index (κ2) is 4.73. The van der Waals surface area contributed by atoms with Crippen LogP contribution in [-0.4, -0.2) is 22.9 Å². The molecular weight excluding hydrogens is 262 g/mol. The highest BCUT2D eigenvalue weighted by atomic mass is 16.7. The molecule has 2 heterocycles. The average Bonchev–Trinajstić information content (AvgIpc) is 2.85. The van der Waals surface area contributed by atoms with Gasteiger partial charge in [0.1, 0.15) is 5.75 Å². The predicted octanol–water partition coefficient (Wildman–Crippen LogP) is 2.61. The van der Waals surface area contributed by atoms with E-state index in [-0.39, 0.29) is 12.4 Å². The van der Waals surface area contributed by atoms with Crippen molar-refractivity contribution in [1.82, 2.24) is 4.98 Å². The molecule has 0 unspecified atom stereocenters. The van der Waals surface area contributed by atoms with E-state index >= 15 is 0 Å². The third kappa shape index (κ3) is 2.23. The van der Waals surface area contributed by atoms with Crippen LogP contribution in [0.1, 0.15) is 16.1 Å². The molecule has 0 atom stereocenters. The summed E-state index contributed by atoms with van der Waals surface area (Å²) >= 11 is 0. The van der Waals surface area contributed by atoms with E-state index in [1.807, 2.05) is 0 Å². The minimum Gasteiger partial charge on any atom is -0.478 e. The molecule has 0 radical (unpaired) electrons. The first-order valence-electron chi connectivity index (χ1n) is 5.92. The van der Waals surface area contributed by atoms with Crippen LogP contribution in [-0.2, 0) is 0 Å². The number of hydrogen-bond acceptors (Lipinski definition) is 5. The maximum absolute atomic E-state index is 10.9. The first kappa shape index (κ1) is 12.3. The fraction of sp³-hybridized carbons (Fsp3) is 0.143. The average molecular weight is 273 g/mol. The van der Waals surface area contributed by atoms with E-state index in [0.29, 0.717) is 28.8 Å². The van der Waals surface area contributed by atoms with Crippen molar-refractivity contribution in [3.8, 4) is 23.1 Å². The molecule has 6 heteroatoms. The fourth-order valence-electron chi connectivity index (χ4n) is 1.88. The lowest BCUT2D eigenvalue weighted by atomic mass is 10.2. The Morgan fingerprint density at radius 1 is 1.25 bits per heavy atom. The zero-order valence-corrected chi connectivity index (χ0v) is 10.6. The van der Waals surface area contributed by atoms with E-state index in [1.54, 1.807) is 25.1 Å². The van der Waals surface area contributed by atoms with Gasteiger partial charge in [-0.1, -0.05) is 0 Å². The number of carbonyl (C=O) groups is 1. The number of aryl methyl sites for hydroxylation is 1. The van der Waals surface area contributed by atoms with Crippen molar-refractivity contribution < 1.29 is 24.1 Å². The van der Waals surface area contributed by atoms with Gasteiger partial charge in [0.05, 0.1) is 11.3 Å².